The van der Waals surface area contributed by atoms with Gasteiger partial charge in [0.05, 0.1) is 12.6 Å². The van der Waals surface area contributed by atoms with Gasteiger partial charge in [-0.25, -0.2) is 0 Å². The summed E-state index contributed by atoms with van der Waals surface area (Å²) in [6.45, 7) is 0.677. The molecule has 0 fully saturated rings. The Balaban J connectivity index is 2.16. The zero-order valence-corrected chi connectivity index (χ0v) is 9.85. The van der Waals surface area contributed by atoms with E-state index in [1.165, 1.54) is 29.7 Å². The molecule has 2 unspecified atom stereocenters. The van der Waals surface area contributed by atoms with Crippen LogP contribution in [0.15, 0.2) is 11.4 Å². The van der Waals surface area contributed by atoms with Crippen LogP contribution in [0.3, 0.4) is 0 Å². The minimum Gasteiger partial charge on any atom is -0.383 e. The fourth-order valence-corrected chi connectivity index (χ4v) is 3.40. The smallest absolute Gasteiger partial charge is 0.0635 e. The van der Waals surface area contributed by atoms with Gasteiger partial charge in [0, 0.05) is 17.9 Å². The second-order valence-corrected chi connectivity index (χ2v) is 5.03. The van der Waals surface area contributed by atoms with Crippen molar-refractivity contribution in [3.63, 3.8) is 0 Å². The Morgan fingerprint density at radius 1 is 1.73 bits per heavy atom. The van der Waals surface area contributed by atoms with Gasteiger partial charge in [0.15, 0.2) is 0 Å². The highest BCUT2D eigenvalue weighted by molar-refractivity contribution is 7.10. The topological polar surface area (TPSA) is 47.3 Å². The Hall–Kier alpha value is -0.420. The molecule has 0 bridgehead atoms. The van der Waals surface area contributed by atoms with E-state index in [-0.39, 0.29) is 6.04 Å². The van der Waals surface area contributed by atoms with Gasteiger partial charge in [-0.05, 0) is 36.3 Å². The standard InChI is InChI=1S/C11H18N2OS/c1-14-7-10(13-12)8-3-2-4-11-9(8)5-6-15-11/h5-6,8,10,13H,2-4,7,12H2,1H3. The lowest BCUT2D eigenvalue weighted by Crippen LogP contribution is -2.43. The average molecular weight is 226 g/mol. The number of hydrogen-bond acceptors (Lipinski definition) is 4. The van der Waals surface area contributed by atoms with Crippen molar-refractivity contribution in [3.8, 4) is 0 Å². The number of ether oxygens (including phenoxy) is 1. The van der Waals surface area contributed by atoms with E-state index in [0.717, 1.165) is 0 Å². The summed E-state index contributed by atoms with van der Waals surface area (Å²) in [5, 5.41) is 2.18. The molecule has 1 heterocycles. The van der Waals surface area contributed by atoms with Crippen molar-refractivity contribution >= 4 is 11.3 Å². The third-order valence-electron chi connectivity index (χ3n) is 3.14. The maximum Gasteiger partial charge on any atom is 0.0635 e. The molecule has 4 heteroatoms. The Bertz CT molecular complexity index is 313. The van der Waals surface area contributed by atoms with E-state index in [4.69, 9.17) is 10.6 Å². The van der Waals surface area contributed by atoms with Crippen LogP contribution in [0.5, 0.6) is 0 Å². The Labute approximate surface area is 94.6 Å². The van der Waals surface area contributed by atoms with Crippen LogP contribution in [0.1, 0.15) is 29.2 Å². The fraction of sp³-hybridized carbons (Fsp3) is 0.636. The molecule has 1 aliphatic carbocycles. The Morgan fingerprint density at radius 2 is 2.60 bits per heavy atom. The van der Waals surface area contributed by atoms with Crippen LogP contribution in [0.25, 0.3) is 0 Å². The summed E-state index contributed by atoms with van der Waals surface area (Å²) in [4.78, 5) is 1.53. The highest BCUT2D eigenvalue weighted by atomic mass is 32.1. The van der Waals surface area contributed by atoms with Crippen LogP contribution in [0.2, 0.25) is 0 Å². The average Bonchev–Trinajstić information content (AvgIpc) is 2.73. The van der Waals surface area contributed by atoms with E-state index in [1.807, 2.05) is 11.3 Å². The second-order valence-electron chi connectivity index (χ2n) is 4.03. The quantitative estimate of drug-likeness (QED) is 0.606. The van der Waals surface area contributed by atoms with Crippen LogP contribution < -0.4 is 11.3 Å². The first-order valence-electron chi connectivity index (χ1n) is 5.38. The monoisotopic (exact) mass is 226 g/mol. The van der Waals surface area contributed by atoms with E-state index >= 15 is 0 Å². The number of nitrogens with two attached hydrogens (primary N) is 1. The molecule has 15 heavy (non-hydrogen) atoms. The van der Waals surface area contributed by atoms with Gasteiger partial charge in [-0.3, -0.25) is 11.3 Å². The first kappa shape index (κ1) is 11.1. The van der Waals surface area contributed by atoms with Crippen LogP contribution in [0, 0.1) is 0 Å². The van der Waals surface area contributed by atoms with Crippen molar-refractivity contribution in [3.05, 3.63) is 21.9 Å². The lowest BCUT2D eigenvalue weighted by atomic mass is 9.83. The van der Waals surface area contributed by atoms with Gasteiger partial charge < -0.3 is 4.74 Å². The summed E-state index contributed by atoms with van der Waals surface area (Å²) < 4.78 is 5.20. The maximum atomic E-state index is 5.59. The molecule has 0 spiro atoms. The summed E-state index contributed by atoms with van der Waals surface area (Å²) in [6, 6.07) is 2.48. The number of rotatable bonds is 4. The Kier molecular flexibility index (Phi) is 3.75. The number of fused-ring (bicyclic) bond motifs is 1. The molecule has 1 aliphatic rings. The minimum atomic E-state index is 0.239. The van der Waals surface area contributed by atoms with E-state index < -0.39 is 0 Å². The number of methoxy groups -OCH3 is 1. The third-order valence-corrected chi connectivity index (χ3v) is 4.14. The summed E-state index contributed by atoms with van der Waals surface area (Å²) in [7, 11) is 1.72. The molecular weight excluding hydrogens is 208 g/mol. The van der Waals surface area contributed by atoms with Gasteiger partial charge in [-0.2, -0.15) is 0 Å². The van der Waals surface area contributed by atoms with Crippen LogP contribution in [-0.2, 0) is 11.2 Å². The molecule has 2 rings (SSSR count). The number of hydrogen-bond donors (Lipinski definition) is 2. The van der Waals surface area contributed by atoms with Gasteiger partial charge in [-0.1, -0.05) is 0 Å². The normalized spacial score (nSPS) is 22.4. The van der Waals surface area contributed by atoms with Gasteiger partial charge in [0.2, 0.25) is 0 Å². The lowest BCUT2D eigenvalue weighted by Gasteiger charge is -2.29. The predicted molar refractivity (Wildman–Crippen MR) is 63.0 cm³/mol. The molecule has 1 aromatic heterocycles. The highest BCUT2D eigenvalue weighted by Gasteiger charge is 2.27. The minimum absolute atomic E-state index is 0.239. The molecule has 1 aromatic rings. The number of thiophene rings is 1. The van der Waals surface area contributed by atoms with Crippen LogP contribution in [0.4, 0.5) is 0 Å². The molecule has 0 amide bonds. The van der Waals surface area contributed by atoms with E-state index in [0.29, 0.717) is 12.5 Å². The van der Waals surface area contributed by atoms with Crippen molar-refractivity contribution in [2.24, 2.45) is 5.84 Å². The first-order valence-corrected chi connectivity index (χ1v) is 6.26. The molecule has 3 nitrogen and oxygen atoms in total. The van der Waals surface area contributed by atoms with Crippen molar-refractivity contribution in [2.75, 3.05) is 13.7 Å². The van der Waals surface area contributed by atoms with E-state index in [1.54, 1.807) is 7.11 Å². The van der Waals surface area contributed by atoms with Crippen LogP contribution >= 0.6 is 11.3 Å². The lowest BCUT2D eigenvalue weighted by molar-refractivity contribution is 0.151. The predicted octanol–water partition coefficient (Wildman–Crippen LogP) is 1.65. The molecule has 2 atom stereocenters. The van der Waals surface area contributed by atoms with Gasteiger partial charge >= 0.3 is 0 Å². The summed E-state index contributed by atoms with van der Waals surface area (Å²) in [5.74, 6) is 6.11. The third kappa shape index (κ3) is 2.23. The van der Waals surface area contributed by atoms with Gasteiger partial charge in [0.1, 0.15) is 0 Å². The zero-order valence-electron chi connectivity index (χ0n) is 9.03. The molecule has 0 saturated carbocycles. The van der Waals surface area contributed by atoms with E-state index in [9.17, 15) is 0 Å². The van der Waals surface area contributed by atoms with Crippen molar-refractivity contribution in [1.29, 1.82) is 0 Å². The maximum absolute atomic E-state index is 5.59. The zero-order chi connectivity index (χ0) is 10.7. The molecular formula is C11H18N2OS. The van der Waals surface area contributed by atoms with Crippen molar-refractivity contribution in [1.82, 2.24) is 5.43 Å². The molecule has 0 radical (unpaired) electrons. The second kappa shape index (κ2) is 5.07. The summed E-state index contributed by atoms with van der Waals surface area (Å²) in [5.41, 5.74) is 4.36. The SMILES string of the molecule is COCC(NN)C1CCCc2sccc21. The number of aryl methyl sites for hydroxylation is 1. The van der Waals surface area contributed by atoms with Crippen LogP contribution in [-0.4, -0.2) is 19.8 Å². The van der Waals surface area contributed by atoms with E-state index in [2.05, 4.69) is 16.9 Å². The molecule has 0 aromatic carbocycles. The number of hydrazine groups is 1. The number of nitrogens with one attached hydrogen (secondary N) is 1. The first-order chi connectivity index (χ1) is 7.36. The molecule has 0 saturated heterocycles. The molecule has 84 valence electrons. The van der Waals surface area contributed by atoms with Gasteiger partial charge in [0.25, 0.3) is 0 Å². The molecule has 3 N–H and O–H groups in total. The largest absolute Gasteiger partial charge is 0.383 e. The summed E-state index contributed by atoms with van der Waals surface area (Å²) >= 11 is 1.87. The Morgan fingerprint density at radius 3 is 3.33 bits per heavy atom. The van der Waals surface area contributed by atoms with Crippen molar-refractivity contribution in [2.45, 2.75) is 31.2 Å². The van der Waals surface area contributed by atoms with Gasteiger partial charge in [-0.15, -0.1) is 11.3 Å². The summed E-state index contributed by atoms with van der Waals surface area (Å²) in [6.07, 6.45) is 3.70. The van der Waals surface area contributed by atoms with Crippen molar-refractivity contribution < 1.29 is 4.74 Å². The fourth-order valence-electron chi connectivity index (χ4n) is 2.40. The highest BCUT2D eigenvalue weighted by Crippen LogP contribution is 2.36. The molecule has 0 aliphatic heterocycles.